The van der Waals surface area contributed by atoms with E-state index in [0.29, 0.717) is 17.0 Å². The van der Waals surface area contributed by atoms with Crippen molar-refractivity contribution in [3.05, 3.63) is 42.0 Å². The third kappa shape index (κ3) is 4.03. The molecule has 0 spiro atoms. The van der Waals surface area contributed by atoms with Gasteiger partial charge in [-0.15, -0.1) is 0 Å². The average Bonchev–Trinajstić information content (AvgIpc) is 3.38. The van der Waals surface area contributed by atoms with Crippen LogP contribution in [0, 0.1) is 11.3 Å². The minimum absolute atomic E-state index is 0.0593. The van der Waals surface area contributed by atoms with Crippen molar-refractivity contribution in [1.82, 2.24) is 9.62 Å². The molecule has 1 aliphatic heterocycles. The van der Waals surface area contributed by atoms with E-state index in [2.05, 4.69) is 4.72 Å². The minimum atomic E-state index is -4.04. The molecule has 0 aliphatic carbocycles. The molecule has 1 atom stereocenters. The number of likely N-dealkylation sites (tertiary alicyclic amines) is 1. The number of carbonyl (C=O) groups is 1. The van der Waals surface area contributed by atoms with Crippen molar-refractivity contribution in [2.24, 2.45) is 5.92 Å². The molecule has 31 heavy (non-hydrogen) atoms. The molecule has 4 rings (SSSR count). The highest BCUT2D eigenvalue weighted by Crippen LogP contribution is 2.31. The summed E-state index contributed by atoms with van der Waals surface area (Å²) in [6.45, 7) is 5.04. The number of carboxylic acid groups (broad SMARTS) is 1. The van der Waals surface area contributed by atoms with Crippen molar-refractivity contribution in [3.63, 3.8) is 0 Å². The second-order valence-electron chi connectivity index (χ2n) is 8.19. The molecule has 0 amide bonds. The first kappa shape index (κ1) is 21.3. The minimum Gasteiger partial charge on any atom is -0.480 e. The zero-order chi connectivity index (χ0) is 22.3. The van der Waals surface area contributed by atoms with E-state index in [-0.39, 0.29) is 4.90 Å². The number of nitrogens with one attached hydrogen (secondary N) is 2. The molecule has 0 unspecified atom stereocenters. The molecule has 1 saturated heterocycles. The van der Waals surface area contributed by atoms with Gasteiger partial charge in [0.05, 0.1) is 4.90 Å². The smallest absolute Gasteiger partial charge is 0.322 e. The Balaban J connectivity index is 1.70. The van der Waals surface area contributed by atoms with Crippen molar-refractivity contribution in [1.29, 1.82) is 5.41 Å². The van der Waals surface area contributed by atoms with Crippen molar-refractivity contribution in [2.45, 2.75) is 37.6 Å². The van der Waals surface area contributed by atoms with E-state index in [0.717, 1.165) is 42.3 Å². The summed E-state index contributed by atoms with van der Waals surface area (Å²) < 4.78 is 33.6. The van der Waals surface area contributed by atoms with E-state index in [4.69, 9.17) is 9.83 Å². The lowest BCUT2D eigenvalue weighted by molar-refractivity contribution is -0.140. The second kappa shape index (κ2) is 7.97. The number of amidine groups is 1. The van der Waals surface area contributed by atoms with Crippen LogP contribution in [0.5, 0.6) is 0 Å². The lowest BCUT2D eigenvalue weighted by Crippen LogP contribution is -2.44. The van der Waals surface area contributed by atoms with Crippen LogP contribution in [-0.2, 0) is 14.8 Å². The highest BCUT2D eigenvalue weighted by atomic mass is 32.2. The predicted molar refractivity (Wildman–Crippen MR) is 118 cm³/mol. The van der Waals surface area contributed by atoms with E-state index in [9.17, 15) is 18.3 Å². The van der Waals surface area contributed by atoms with Crippen LogP contribution in [0.1, 0.15) is 32.3 Å². The summed E-state index contributed by atoms with van der Waals surface area (Å²) >= 11 is 0. The maximum absolute atomic E-state index is 12.8. The van der Waals surface area contributed by atoms with Gasteiger partial charge >= 0.3 is 5.97 Å². The molecule has 164 valence electrons. The second-order valence-corrected chi connectivity index (χ2v) is 9.91. The molecule has 9 heteroatoms. The Morgan fingerprint density at radius 1 is 1.10 bits per heavy atom. The van der Waals surface area contributed by atoms with Crippen molar-refractivity contribution in [2.75, 3.05) is 13.1 Å². The molecule has 1 aliphatic rings. The summed E-state index contributed by atoms with van der Waals surface area (Å²) in [5.41, 5.74) is 1.77. The number of rotatable bonds is 6. The van der Waals surface area contributed by atoms with Gasteiger partial charge in [0, 0.05) is 35.5 Å². The highest BCUT2D eigenvalue weighted by Gasteiger charge is 2.28. The van der Waals surface area contributed by atoms with E-state index in [1.165, 1.54) is 12.1 Å². The van der Waals surface area contributed by atoms with Crippen LogP contribution in [0.15, 0.2) is 45.7 Å². The maximum Gasteiger partial charge on any atom is 0.322 e. The van der Waals surface area contributed by atoms with Crippen LogP contribution in [0.25, 0.3) is 21.9 Å². The van der Waals surface area contributed by atoms with Crippen LogP contribution in [0.3, 0.4) is 0 Å². The molecule has 3 N–H and O–H groups in total. The first-order valence-corrected chi connectivity index (χ1v) is 11.7. The third-order valence-electron chi connectivity index (χ3n) is 5.66. The molecule has 0 radical (unpaired) electrons. The van der Waals surface area contributed by atoms with Crippen molar-refractivity contribution < 1.29 is 22.7 Å². The zero-order valence-electron chi connectivity index (χ0n) is 17.4. The Hall–Kier alpha value is -2.91. The molecule has 2 heterocycles. The summed E-state index contributed by atoms with van der Waals surface area (Å²) in [7, 11) is -4.04. The Labute approximate surface area is 180 Å². The highest BCUT2D eigenvalue weighted by molar-refractivity contribution is 7.89. The quantitative estimate of drug-likeness (QED) is 0.396. The Morgan fingerprint density at radius 2 is 1.81 bits per heavy atom. The molecule has 0 saturated carbocycles. The van der Waals surface area contributed by atoms with E-state index in [1.807, 2.05) is 17.0 Å². The first-order chi connectivity index (χ1) is 14.7. The van der Waals surface area contributed by atoms with E-state index >= 15 is 0 Å². The van der Waals surface area contributed by atoms with Gasteiger partial charge < -0.3 is 14.4 Å². The summed E-state index contributed by atoms with van der Waals surface area (Å²) in [5, 5.41) is 19.3. The number of sulfonamides is 1. The Bertz CT molecular complexity index is 1270. The SMILES string of the molecule is CC(C)[C@H](NS(=O)(=O)c1ccc2c(c1)oc1ccc(C(=N)N3CCCC3)cc12)C(=O)O. The number of hydrogen-bond donors (Lipinski definition) is 3. The average molecular weight is 444 g/mol. The fourth-order valence-electron chi connectivity index (χ4n) is 3.90. The lowest BCUT2D eigenvalue weighted by Gasteiger charge is -2.18. The summed E-state index contributed by atoms with van der Waals surface area (Å²) in [6, 6.07) is 8.80. The van der Waals surface area contributed by atoms with Crippen LogP contribution in [0.2, 0.25) is 0 Å². The van der Waals surface area contributed by atoms with Gasteiger partial charge in [0.15, 0.2) is 0 Å². The van der Waals surface area contributed by atoms with Crippen LogP contribution >= 0.6 is 0 Å². The van der Waals surface area contributed by atoms with Gasteiger partial charge in [-0.3, -0.25) is 10.2 Å². The molecular weight excluding hydrogens is 418 g/mol. The molecular formula is C22H25N3O5S. The van der Waals surface area contributed by atoms with Gasteiger partial charge in [0.25, 0.3) is 0 Å². The zero-order valence-corrected chi connectivity index (χ0v) is 18.2. The van der Waals surface area contributed by atoms with Gasteiger partial charge in [-0.1, -0.05) is 13.8 Å². The third-order valence-corrected chi connectivity index (χ3v) is 7.10. The topological polar surface area (TPSA) is 124 Å². The molecule has 2 aromatic carbocycles. The fraction of sp³-hybridized carbons (Fsp3) is 0.364. The van der Waals surface area contributed by atoms with E-state index in [1.54, 1.807) is 26.0 Å². The molecule has 1 aromatic heterocycles. The van der Waals surface area contributed by atoms with Gasteiger partial charge in [0.1, 0.15) is 23.0 Å². The summed E-state index contributed by atoms with van der Waals surface area (Å²) in [5.74, 6) is -1.16. The molecule has 8 nitrogen and oxygen atoms in total. The Kier molecular flexibility index (Phi) is 5.49. The molecule has 1 fully saturated rings. The summed E-state index contributed by atoms with van der Waals surface area (Å²) in [6.07, 6.45) is 2.17. The number of nitrogens with zero attached hydrogens (tertiary/aromatic N) is 1. The number of benzene rings is 2. The van der Waals surface area contributed by atoms with Crippen LogP contribution < -0.4 is 4.72 Å². The number of aliphatic carboxylic acids is 1. The molecule has 3 aromatic rings. The largest absolute Gasteiger partial charge is 0.480 e. The van der Waals surface area contributed by atoms with Gasteiger partial charge in [-0.05, 0) is 49.1 Å². The maximum atomic E-state index is 12.8. The summed E-state index contributed by atoms with van der Waals surface area (Å²) in [4.78, 5) is 13.4. The standard InChI is InChI=1S/C22H25N3O5S/c1-13(2)20(22(26)27)24-31(28,29)15-6-7-16-17-11-14(21(23)25-9-3-4-10-25)5-8-18(17)30-19(16)12-15/h5-8,11-13,20,23-24H,3-4,9-10H2,1-2H3,(H,26,27)/t20-/m0/s1. The van der Waals surface area contributed by atoms with E-state index < -0.39 is 28.0 Å². The monoisotopic (exact) mass is 443 g/mol. The number of fused-ring (bicyclic) bond motifs is 3. The van der Waals surface area contributed by atoms with Crippen LogP contribution in [-0.4, -0.2) is 49.4 Å². The van der Waals surface area contributed by atoms with Gasteiger partial charge in [0.2, 0.25) is 10.0 Å². The van der Waals surface area contributed by atoms with Crippen molar-refractivity contribution >= 4 is 43.8 Å². The number of carboxylic acids is 1. The van der Waals surface area contributed by atoms with Crippen LogP contribution in [0.4, 0.5) is 0 Å². The predicted octanol–water partition coefficient (Wildman–Crippen LogP) is 3.39. The normalized spacial score (nSPS) is 15.8. The van der Waals surface area contributed by atoms with Gasteiger partial charge in [-0.2, -0.15) is 4.72 Å². The first-order valence-electron chi connectivity index (χ1n) is 10.2. The van der Waals surface area contributed by atoms with Gasteiger partial charge in [-0.25, -0.2) is 8.42 Å². The number of hydrogen-bond acceptors (Lipinski definition) is 5. The fourth-order valence-corrected chi connectivity index (χ4v) is 5.25. The van der Waals surface area contributed by atoms with Crippen molar-refractivity contribution in [3.8, 4) is 0 Å². The molecule has 0 bridgehead atoms. The number of furan rings is 1. The Morgan fingerprint density at radius 3 is 2.45 bits per heavy atom. The lowest BCUT2D eigenvalue weighted by atomic mass is 10.1.